The van der Waals surface area contributed by atoms with Crippen molar-refractivity contribution in [3.05, 3.63) is 29.3 Å². The summed E-state index contributed by atoms with van der Waals surface area (Å²) in [7, 11) is 2.20. The molecule has 0 radical (unpaired) electrons. The van der Waals surface area contributed by atoms with Gasteiger partial charge >= 0.3 is 0 Å². The zero-order valence-corrected chi connectivity index (χ0v) is 10.6. The van der Waals surface area contributed by atoms with Crippen LogP contribution in [0.3, 0.4) is 0 Å². The maximum atomic E-state index is 3.46. The number of fused-ring (bicyclic) bond motifs is 1. The molecule has 0 fully saturated rings. The predicted octanol–water partition coefficient (Wildman–Crippen LogP) is 2.42. The summed E-state index contributed by atoms with van der Waals surface area (Å²) in [6.45, 7) is 7.79. The van der Waals surface area contributed by atoms with E-state index in [-0.39, 0.29) is 0 Å². The number of hydrogen-bond donors (Lipinski definition) is 1. The molecule has 1 aliphatic heterocycles. The van der Waals surface area contributed by atoms with Crippen molar-refractivity contribution < 1.29 is 0 Å². The lowest BCUT2D eigenvalue weighted by molar-refractivity contribution is 0.620. The van der Waals surface area contributed by atoms with Crippen LogP contribution in [-0.2, 0) is 13.0 Å². The third-order valence-corrected chi connectivity index (χ3v) is 3.17. The molecule has 1 aromatic rings. The van der Waals surface area contributed by atoms with E-state index in [0.29, 0.717) is 5.92 Å². The fourth-order valence-electron chi connectivity index (χ4n) is 2.50. The van der Waals surface area contributed by atoms with E-state index in [9.17, 15) is 0 Å². The van der Waals surface area contributed by atoms with Gasteiger partial charge in [0.2, 0.25) is 0 Å². The summed E-state index contributed by atoms with van der Waals surface area (Å²) in [5.41, 5.74) is 4.42. The molecule has 0 saturated carbocycles. The van der Waals surface area contributed by atoms with Crippen molar-refractivity contribution >= 4 is 5.69 Å². The molecule has 0 spiro atoms. The van der Waals surface area contributed by atoms with Crippen LogP contribution in [0.2, 0.25) is 0 Å². The van der Waals surface area contributed by atoms with Gasteiger partial charge in [0.25, 0.3) is 0 Å². The normalized spacial score (nSPS) is 15.0. The molecule has 0 atom stereocenters. The Morgan fingerprint density at radius 1 is 1.38 bits per heavy atom. The van der Waals surface area contributed by atoms with Crippen molar-refractivity contribution in [3.63, 3.8) is 0 Å². The summed E-state index contributed by atoms with van der Waals surface area (Å²) < 4.78 is 0. The van der Waals surface area contributed by atoms with Crippen LogP contribution in [0.4, 0.5) is 5.69 Å². The first kappa shape index (κ1) is 11.5. The van der Waals surface area contributed by atoms with Gasteiger partial charge in [0.1, 0.15) is 0 Å². The Morgan fingerprint density at radius 2 is 2.19 bits per heavy atom. The number of rotatable bonds is 3. The highest BCUT2D eigenvalue weighted by atomic mass is 15.1. The molecule has 2 rings (SSSR count). The summed E-state index contributed by atoms with van der Waals surface area (Å²) >= 11 is 0. The molecular weight excluding hydrogens is 196 g/mol. The van der Waals surface area contributed by atoms with Crippen LogP contribution in [0.25, 0.3) is 0 Å². The Kier molecular flexibility index (Phi) is 3.49. The van der Waals surface area contributed by atoms with Gasteiger partial charge in [-0.1, -0.05) is 26.0 Å². The average Bonchev–Trinajstić information content (AvgIpc) is 2.27. The van der Waals surface area contributed by atoms with E-state index in [1.165, 1.54) is 23.2 Å². The minimum atomic E-state index is 0.706. The van der Waals surface area contributed by atoms with Crippen molar-refractivity contribution in [2.24, 2.45) is 5.92 Å². The van der Waals surface area contributed by atoms with Crippen LogP contribution < -0.4 is 10.2 Å². The van der Waals surface area contributed by atoms with E-state index in [0.717, 1.165) is 19.6 Å². The van der Waals surface area contributed by atoms with Crippen molar-refractivity contribution in [2.45, 2.75) is 26.8 Å². The van der Waals surface area contributed by atoms with Gasteiger partial charge in [0, 0.05) is 25.8 Å². The second-order valence-electron chi connectivity index (χ2n) is 5.12. The molecule has 16 heavy (non-hydrogen) atoms. The van der Waals surface area contributed by atoms with Gasteiger partial charge in [0.15, 0.2) is 0 Å². The summed E-state index contributed by atoms with van der Waals surface area (Å²) in [4.78, 5) is 2.39. The molecule has 88 valence electrons. The van der Waals surface area contributed by atoms with Crippen molar-refractivity contribution in [1.29, 1.82) is 0 Å². The van der Waals surface area contributed by atoms with Crippen molar-refractivity contribution in [2.75, 3.05) is 25.0 Å². The predicted molar refractivity (Wildman–Crippen MR) is 70.0 cm³/mol. The van der Waals surface area contributed by atoms with Gasteiger partial charge in [0.05, 0.1) is 0 Å². The van der Waals surface area contributed by atoms with E-state index in [1.54, 1.807) is 0 Å². The first-order valence-corrected chi connectivity index (χ1v) is 6.21. The molecule has 0 aromatic heterocycles. The van der Waals surface area contributed by atoms with Gasteiger partial charge in [-0.2, -0.15) is 0 Å². The zero-order valence-electron chi connectivity index (χ0n) is 10.6. The van der Waals surface area contributed by atoms with Gasteiger partial charge in [-0.05, 0) is 36.1 Å². The Hall–Kier alpha value is -1.02. The molecule has 1 N–H and O–H groups in total. The molecule has 2 heteroatoms. The third-order valence-electron chi connectivity index (χ3n) is 3.17. The van der Waals surface area contributed by atoms with Crippen LogP contribution in [0.5, 0.6) is 0 Å². The maximum Gasteiger partial charge on any atom is 0.0412 e. The minimum absolute atomic E-state index is 0.706. The van der Waals surface area contributed by atoms with E-state index >= 15 is 0 Å². The Balaban J connectivity index is 2.26. The summed E-state index contributed by atoms with van der Waals surface area (Å²) in [5.74, 6) is 0.706. The highest BCUT2D eigenvalue weighted by Gasteiger charge is 2.15. The number of benzene rings is 1. The smallest absolute Gasteiger partial charge is 0.0412 e. The quantitative estimate of drug-likeness (QED) is 0.838. The van der Waals surface area contributed by atoms with Crippen molar-refractivity contribution in [3.8, 4) is 0 Å². The lowest BCUT2D eigenvalue weighted by Crippen LogP contribution is -2.29. The lowest BCUT2D eigenvalue weighted by atomic mass is 9.98. The first-order valence-electron chi connectivity index (χ1n) is 6.21. The number of nitrogens with zero attached hydrogens (tertiary/aromatic N) is 1. The van der Waals surface area contributed by atoms with Crippen LogP contribution in [0.1, 0.15) is 25.0 Å². The van der Waals surface area contributed by atoms with Crippen LogP contribution in [-0.4, -0.2) is 20.1 Å². The van der Waals surface area contributed by atoms with E-state index in [4.69, 9.17) is 0 Å². The Labute approximate surface area is 98.7 Å². The number of anilines is 1. The van der Waals surface area contributed by atoms with Gasteiger partial charge < -0.3 is 10.2 Å². The summed E-state index contributed by atoms with van der Waals surface area (Å²) in [6, 6.07) is 6.70. The van der Waals surface area contributed by atoms with E-state index in [2.05, 4.69) is 49.3 Å². The van der Waals surface area contributed by atoms with E-state index < -0.39 is 0 Å². The second-order valence-corrected chi connectivity index (χ2v) is 5.12. The van der Waals surface area contributed by atoms with Crippen LogP contribution >= 0.6 is 0 Å². The third kappa shape index (κ3) is 2.38. The topological polar surface area (TPSA) is 15.3 Å². The summed E-state index contributed by atoms with van der Waals surface area (Å²) in [5, 5.41) is 3.46. The molecule has 1 aliphatic rings. The maximum absolute atomic E-state index is 3.46. The SMILES string of the molecule is CC(C)CN(C)c1cccc2c1CNCC2. The average molecular weight is 218 g/mol. The minimum Gasteiger partial charge on any atom is -0.374 e. The molecule has 0 unspecified atom stereocenters. The first-order chi connectivity index (χ1) is 7.68. The fourth-order valence-corrected chi connectivity index (χ4v) is 2.50. The number of hydrogen-bond acceptors (Lipinski definition) is 2. The van der Waals surface area contributed by atoms with Gasteiger partial charge in [-0.3, -0.25) is 0 Å². The Bertz CT molecular complexity index is 358. The molecule has 1 heterocycles. The molecule has 0 aliphatic carbocycles. The number of nitrogens with one attached hydrogen (secondary N) is 1. The largest absolute Gasteiger partial charge is 0.374 e. The molecule has 1 aromatic carbocycles. The van der Waals surface area contributed by atoms with Crippen molar-refractivity contribution in [1.82, 2.24) is 5.32 Å². The standard InChI is InChI=1S/C14H22N2/c1-11(2)10-16(3)14-6-4-5-12-7-8-15-9-13(12)14/h4-6,11,15H,7-10H2,1-3H3. The van der Waals surface area contributed by atoms with Crippen LogP contribution in [0, 0.1) is 5.92 Å². The zero-order chi connectivity index (χ0) is 11.5. The van der Waals surface area contributed by atoms with Gasteiger partial charge in [-0.25, -0.2) is 0 Å². The lowest BCUT2D eigenvalue weighted by Gasteiger charge is -2.28. The van der Waals surface area contributed by atoms with Gasteiger partial charge in [-0.15, -0.1) is 0 Å². The highest BCUT2D eigenvalue weighted by molar-refractivity contribution is 5.57. The van der Waals surface area contributed by atoms with E-state index in [1.807, 2.05) is 0 Å². The molecule has 0 bridgehead atoms. The molecule has 0 saturated heterocycles. The molecular formula is C14H22N2. The molecule has 2 nitrogen and oxygen atoms in total. The highest BCUT2D eigenvalue weighted by Crippen LogP contribution is 2.26. The second kappa shape index (κ2) is 4.88. The molecule has 0 amide bonds. The van der Waals surface area contributed by atoms with Crippen LogP contribution in [0.15, 0.2) is 18.2 Å². The Morgan fingerprint density at radius 3 is 2.94 bits per heavy atom. The fraction of sp³-hybridized carbons (Fsp3) is 0.571. The monoisotopic (exact) mass is 218 g/mol. The summed E-state index contributed by atoms with van der Waals surface area (Å²) in [6.07, 6.45) is 1.17.